The maximum atomic E-state index is 12.3. The molecule has 3 nitrogen and oxygen atoms in total. The molecule has 112 valence electrons. The Morgan fingerprint density at radius 2 is 1.70 bits per heavy atom. The van der Waals surface area contributed by atoms with Crippen LogP contribution in [-0.2, 0) is 9.53 Å². The molecule has 0 heterocycles. The molecule has 0 radical (unpaired) electrons. The van der Waals surface area contributed by atoms with Crippen molar-refractivity contribution < 1.29 is 14.3 Å². The predicted octanol–water partition coefficient (Wildman–Crippen LogP) is 4.21. The van der Waals surface area contributed by atoms with Gasteiger partial charge in [0.15, 0.2) is 0 Å². The van der Waals surface area contributed by atoms with Gasteiger partial charge in [0.05, 0.1) is 11.0 Å². The zero-order chi connectivity index (χ0) is 15.2. The van der Waals surface area contributed by atoms with E-state index in [1.54, 1.807) is 12.1 Å². The van der Waals surface area contributed by atoms with E-state index < -0.39 is 5.41 Å². The molecule has 0 saturated heterocycles. The highest BCUT2D eigenvalue weighted by Gasteiger charge is 2.33. The van der Waals surface area contributed by atoms with Crippen molar-refractivity contribution in [2.24, 2.45) is 5.41 Å². The third-order valence-electron chi connectivity index (χ3n) is 3.42. The third-order valence-corrected chi connectivity index (χ3v) is 3.42. The Bertz CT molecular complexity index is 420. The molecule has 0 aliphatic rings. The number of benzene rings is 1. The van der Waals surface area contributed by atoms with Crippen LogP contribution in [0.15, 0.2) is 30.3 Å². The summed E-state index contributed by atoms with van der Waals surface area (Å²) < 4.78 is 11.2. The lowest BCUT2D eigenvalue weighted by molar-refractivity contribution is -0.147. The molecule has 1 atom stereocenters. The number of hydrogen-bond donors (Lipinski definition) is 0. The standard InChI is InChI=1S/C17H26O3/c1-6-17(5,12-13-19-16(2,3)4)15(18)20-14-10-8-7-9-11-14/h7-11H,6,12-13H2,1-5H3. The number of para-hydroxylation sites is 1. The van der Waals surface area contributed by atoms with E-state index in [4.69, 9.17) is 9.47 Å². The topological polar surface area (TPSA) is 35.5 Å². The Kier molecular flexibility index (Phi) is 5.75. The van der Waals surface area contributed by atoms with E-state index in [0.29, 0.717) is 18.8 Å². The lowest BCUT2D eigenvalue weighted by Crippen LogP contribution is -2.34. The lowest BCUT2D eigenvalue weighted by Gasteiger charge is -2.28. The number of hydrogen-bond acceptors (Lipinski definition) is 3. The highest BCUT2D eigenvalue weighted by Crippen LogP contribution is 2.29. The predicted molar refractivity (Wildman–Crippen MR) is 80.8 cm³/mol. The molecular formula is C17H26O3. The minimum absolute atomic E-state index is 0.183. The molecule has 0 N–H and O–H groups in total. The summed E-state index contributed by atoms with van der Waals surface area (Å²) in [6.07, 6.45) is 1.39. The number of esters is 1. The molecule has 0 bridgehead atoms. The molecule has 0 aromatic heterocycles. The zero-order valence-corrected chi connectivity index (χ0v) is 13.2. The number of rotatable bonds is 6. The van der Waals surface area contributed by atoms with Crippen LogP contribution in [0.5, 0.6) is 5.75 Å². The molecule has 3 heteroatoms. The minimum Gasteiger partial charge on any atom is -0.426 e. The summed E-state index contributed by atoms with van der Waals surface area (Å²) in [5.41, 5.74) is -0.695. The first-order valence-corrected chi connectivity index (χ1v) is 7.18. The molecular weight excluding hydrogens is 252 g/mol. The van der Waals surface area contributed by atoms with E-state index in [2.05, 4.69) is 0 Å². The minimum atomic E-state index is -0.513. The van der Waals surface area contributed by atoms with Crippen LogP contribution in [0.3, 0.4) is 0 Å². The monoisotopic (exact) mass is 278 g/mol. The molecule has 0 amide bonds. The second-order valence-electron chi connectivity index (χ2n) is 6.33. The van der Waals surface area contributed by atoms with Crippen LogP contribution in [0.4, 0.5) is 0 Å². The van der Waals surface area contributed by atoms with Gasteiger partial charge in [-0.15, -0.1) is 0 Å². The fraction of sp³-hybridized carbons (Fsp3) is 0.588. The van der Waals surface area contributed by atoms with Crippen LogP contribution >= 0.6 is 0 Å². The van der Waals surface area contributed by atoms with Crippen LogP contribution < -0.4 is 4.74 Å². The van der Waals surface area contributed by atoms with Crippen LogP contribution in [0.1, 0.15) is 47.5 Å². The maximum Gasteiger partial charge on any atom is 0.317 e. The number of ether oxygens (including phenoxy) is 2. The van der Waals surface area contributed by atoms with Gasteiger partial charge >= 0.3 is 5.97 Å². The molecule has 0 aliphatic heterocycles. The van der Waals surface area contributed by atoms with E-state index in [-0.39, 0.29) is 11.6 Å². The van der Waals surface area contributed by atoms with Crippen molar-refractivity contribution in [2.75, 3.05) is 6.61 Å². The highest BCUT2D eigenvalue weighted by atomic mass is 16.5. The van der Waals surface area contributed by atoms with Gasteiger partial charge in [0.2, 0.25) is 0 Å². The summed E-state index contributed by atoms with van der Waals surface area (Å²) in [5.74, 6) is 0.401. The van der Waals surface area contributed by atoms with Gasteiger partial charge in [-0.3, -0.25) is 4.79 Å². The molecule has 0 aliphatic carbocycles. The molecule has 1 rings (SSSR count). The second kappa shape index (κ2) is 6.89. The molecule has 20 heavy (non-hydrogen) atoms. The Hall–Kier alpha value is -1.35. The average molecular weight is 278 g/mol. The smallest absolute Gasteiger partial charge is 0.317 e. The van der Waals surface area contributed by atoms with Crippen molar-refractivity contribution in [1.29, 1.82) is 0 Å². The second-order valence-corrected chi connectivity index (χ2v) is 6.33. The van der Waals surface area contributed by atoms with Crippen LogP contribution in [-0.4, -0.2) is 18.2 Å². The van der Waals surface area contributed by atoms with Crippen molar-refractivity contribution in [3.05, 3.63) is 30.3 Å². The maximum absolute atomic E-state index is 12.3. The van der Waals surface area contributed by atoms with Crippen molar-refractivity contribution in [2.45, 2.75) is 53.1 Å². The van der Waals surface area contributed by atoms with Gasteiger partial charge < -0.3 is 9.47 Å². The fourth-order valence-electron chi connectivity index (χ4n) is 1.72. The van der Waals surface area contributed by atoms with Gasteiger partial charge in [0.25, 0.3) is 0 Å². The summed E-state index contributed by atoms with van der Waals surface area (Å²) in [6.45, 7) is 10.5. The number of carbonyl (C=O) groups is 1. The first-order valence-electron chi connectivity index (χ1n) is 7.18. The van der Waals surface area contributed by atoms with Gasteiger partial charge in [-0.2, -0.15) is 0 Å². The van der Waals surface area contributed by atoms with Crippen LogP contribution in [0, 0.1) is 5.41 Å². The molecule has 0 spiro atoms. The SMILES string of the molecule is CCC(C)(CCOC(C)(C)C)C(=O)Oc1ccccc1. The summed E-state index contributed by atoms with van der Waals surface area (Å²) in [4.78, 5) is 12.3. The summed E-state index contributed by atoms with van der Waals surface area (Å²) in [5, 5.41) is 0. The zero-order valence-electron chi connectivity index (χ0n) is 13.2. The third kappa shape index (κ3) is 5.33. The first kappa shape index (κ1) is 16.7. The van der Waals surface area contributed by atoms with Gasteiger partial charge in [0, 0.05) is 6.61 Å². The Balaban J connectivity index is 2.60. The van der Waals surface area contributed by atoms with Crippen molar-refractivity contribution in [3.8, 4) is 5.75 Å². The van der Waals surface area contributed by atoms with Gasteiger partial charge in [0.1, 0.15) is 5.75 Å². The Morgan fingerprint density at radius 3 is 2.20 bits per heavy atom. The van der Waals surface area contributed by atoms with Crippen molar-refractivity contribution in [3.63, 3.8) is 0 Å². The normalized spacial score (nSPS) is 14.7. The van der Waals surface area contributed by atoms with Gasteiger partial charge in [-0.1, -0.05) is 25.1 Å². The highest BCUT2D eigenvalue weighted by molar-refractivity contribution is 5.78. The first-order chi connectivity index (χ1) is 9.27. The summed E-state index contributed by atoms with van der Waals surface area (Å²) >= 11 is 0. The largest absolute Gasteiger partial charge is 0.426 e. The van der Waals surface area contributed by atoms with E-state index in [0.717, 1.165) is 6.42 Å². The lowest BCUT2D eigenvalue weighted by atomic mass is 9.84. The van der Waals surface area contributed by atoms with E-state index in [1.807, 2.05) is 52.8 Å². The molecule has 0 saturated carbocycles. The van der Waals surface area contributed by atoms with E-state index in [9.17, 15) is 4.79 Å². The average Bonchev–Trinajstić information content (AvgIpc) is 2.38. The Morgan fingerprint density at radius 1 is 1.10 bits per heavy atom. The molecule has 1 aromatic carbocycles. The molecule has 1 unspecified atom stereocenters. The molecule has 0 fully saturated rings. The van der Waals surface area contributed by atoms with Crippen LogP contribution in [0.25, 0.3) is 0 Å². The van der Waals surface area contributed by atoms with Gasteiger partial charge in [-0.05, 0) is 52.7 Å². The quantitative estimate of drug-likeness (QED) is 0.577. The van der Waals surface area contributed by atoms with E-state index >= 15 is 0 Å². The summed E-state index contributed by atoms with van der Waals surface area (Å²) in [6, 6.07) is 9.19. The van der Waals surface area contributed by atoms with Crippen molar-refractivity contribution in [1.82, 2.24) is 0 Å². The number of carbonyl (C=O) groups excluding carboxylic acids is 1. The van der Waals surface area contributed by atoms with Gasteiger partial charge in [-0.25, -0.2) is 0 Å². The van der Waals surface area contributed by atoms with Crippen molar-refractivity contribution >= 4 is 5.97 Å². The van der Waals surface area contributed by atoms with E-state index in [1.165, 1.54) is 0 Å². The van der Waals surface area contributed by atoms with Crippen LogP contribution in [0.2, 0.25) is 0 Å². The Labute approximate surface area is 122 Å². The fourth-order valence-corrected chi connectivity index (χ4v) is 1.72. The summed E-state index contributed by atoms with van der Waals surface area (Å²) in [7, 11) is 0. The molecule has 1 aromatic rings.